The van der Waals surface area contributed by atoms with Crippen LogP contribution in [0.2, 0.25) is 0 Å². The van der Waals surface area contributed by atoms with E-state index >= 15 is 0 Å². The van der Waals surface area contributed by atoms with E-state index in [1.54, 1.807) is 55.6 Å². The fourth-order valence-electron chi connectivity index (χ4n) is 2.98. The molecule has 0 aliphatic carbocycles. The van der Waals surface area contributed by atoms with Crippen molar-refractivity contribution in [3.63, 3.8) is 0 Å². The predicted molar refractivity (Wildman–Crippen MR) is 121 cm³/mol. The molecule has 1 atom stereocenters. The van der Waals surface area contributed by atoms with Crippen LogP contribution >= 0.6 is 0 Å². The molecule has 2 aromatic rings. The predicted octanol–water partition coefficient (Wildman–Crippen LogP) is 3.62. The van der Waals surface area contributed by atoms with Gasteiger partial charge >= 0.3 is 0 Å². The van der Waals surface area contributed by atoms with Crippen LogP contribution in [0.25, 0.3) is 0 Å². The van der Waals surface area contributed by atoms with E-state index in [0.29, 0.717) is 23.5 Å². The average molecular weight is 426 g/mol. The zero-order valence-corrected chi connectivity index (χ0v) is 18.5. The Morgan fingerprint density at radius 2 is 1.65 bits per heavy atom. The molecule has 0 radical (unpaired) electrons. The van der Waals surface area contributed by atoms with Gasteiger partial charge in [0.25, 0.3) is 11.8 Å². The zero-order chi connectivity index (χ0) is 22.8. The molecule has 7 heteroatoms. The van der Waals surface area contributed by atoms with Crippen molar-refractivity contribution >= 4 is 23.4 Å². The number of para-hydroxylation sites is 1. The largest absolute Gasteiger partial charge is 0.497 e. The van der Waals surface area contributed by atoms with Gasteiger partial charge in [-0.2, -0.15) is 0 Å². The van der Waals surface area contributed by atoms with Crippen molar-refractivity contribution in [2.24, 2.45) is 5.92 Å². The second-order valence-electron chi connectivity index (χ2n) is 7.57. The molecule has 0 fully saturated rings. The Kier molecular flexibility index (Phi) is 9.06. The molecular formula is C24H31N3O4. The summed E-state index contributed by atoms with van der Waals surface area (Å²) in [5, 5.41) is 8.45. The highest BCUT2D eigenvalue weighted by Crippen LogP contribution is 2.18. The molecule has 0 aliphatic rings. The maximum atomic E-state index is 13.0. The van der Waals surface area contributed by atoms with E-state index in [1.807, 2.05) is 20.8 Å². The third-order valence-electron chi connectivity index (χ3n) is 4.84. The van der Waals surface area contributed by atoms with Gasteiger partial charge in [-0.05, 0) is 48.7 Å². The number of hydrogen-bond donors (Lipinski definition) is 3. The molecule has 0 aliphatic heterocycles. The number of nitrogens with one attached hydrogen (secondary N) is 3. The highest BCUT2D eigenvalue weighted by Gasteiger charge is 2.25. The number of benzene rings is 2. The first kappa shape index (κ1) is 23.9. The minimum atomic E-state index is -0.672. The average Bonchev–Trinajstić information content (AvgIpc) is 2.77. The van der Waals surface area contributed by atoms with Crippen LogP contribution in [0.15, 0.2) is 48.5 Å². The Morgan fingerprint density at radius 1 is 0.968 bits per heavy atom. The maximum absolute atomic E-state index is 13.0. The molecule has 7 nitrogen and oxygen atoms in total. The van der Waals surface area contributed by atoms with Crippen molar-refractivity contribution in [3.8, 4) is 5.75 Å². The quantitative estimate of drug-likeness (QED) is 0.507. The highest BCUT2D eigenvalue weighted by molar-refractivity contribution is 6.09. The van der Waals surface area contributed by atoms with Gasteiger partial charge in [0.15, 0.2) is 0 Å². The summed E-state index contributed by atoms with van der Waals surface area (Å²) in [6, 6.07) is 12.7. The first-order chi connectivity index (χ1) is 14.9. The third-order valence-corrected chi connectivity index (χ3v) is 4.84. The number of methoxy groups -OCH3 is 1. The molecule has 3 N–H and O–H groups in total. The molecule has 0 spiro atoms. The topological polar surface area (TPSA) is 96.5 Å². The molecule has 0 unspecified atom stereocenters. The fourth-order valence-corrected chi connectivity index (χ4v) is 2.98. The first-order valence-electron chi connectivity index (χ1n) is 10.5. The molecule has 0 aromatic heterocycles. The molecule has 0 saturated heterocycles. The van der Waals surface area contributed by atoms with Crippen molar-refractivity contribution in [1.29, 1.82) is 0 Å². The first-order valence-corrected chi connectivity index (χ1v) is 10.5. The van der Waals surface area contributed by atoms with Crippen LogP contribution in [0.3, 0.4) is 0 Å². The van der Waals surface area contributed by atoms with Gasteiger partial charge in [-0.3, -0.25) is 14.4 Å². The number of unbranched alkanes of at least 4 members (excludes halogenated alkanes) is 1. The number of rotatable bonds is 10. The van der Waals surface area contributed by atoms with Gasteiger partial charge in [-0.1, -0.05) is 39.3 Å². The lowest BCUT2D eigenvalue weighted by atomic mass is 10.0. The van der Waals surface area contributed by atoms with Gasteiger partial charge in [-0.25, -0.2) is 0 Å². The summed E-state index contributed by atoms with van der Waals surface area (Å²) in [6.45, 7) is 6.37. The van der Waals surface area contributed by atoms with E-state index in [1.165, 1.54) is 0 Å². The number of carbonyl (C=O) groups is 3. The van der Waals surface area contributed by atoms with Crippen LogP contribution in [0.4, 0.5) is 5.69 Å². The van der Waals surface area contributed by atoms with Gasteiger partial charge in [0, 0.05) is 12.1 Å². The number of anilines is 1. The molecule has 2 aromatic carbocycles. The molecular weight excluding hydrogens is 394 g/mol. The van der Waals surface area contributed by atoms with Gasteiger partial charge in [-0.15, -0.1) is 0 Å². The number of ether oxygens (including phenoxy) is 1. The van der Waals surface area contributed by atoms with Crippen LogP contribution < -0.4 is 20.7 Å². The summed E-state index contributed by atoms with van der Waals surface area (Å²) >= 11 is 0. The SMILES string of the molecule is CCCCNC(=O)[C@H](NC(=O)c1ccccc1NC(=O)c1ccc(OC)cc1)C(C)C. The monoisotopic (exact) mass is 425 g/mol. The lowest BCUT2D eigenvalue weighted by Crippen LogP contribution is -2.50. The Bertz CT molecular complexity index is 894. The van der Waals surface area contributed by atoms with Crippen molar-refractivity contribution in [2.75, 3.05) is 19.0 Å². The summed E-state index contributed by atoms with van der Waals surface area (Å²) in [5.41, 5.74) is 1.09. The van der Waals surface area contributed by atoms with Crippen LogP contribution in [0, 0.1) is 5.92 Å². The Hall–Kier alpha value is -3.35. The van der Waals surface area contributed by atoms with Crippen LogP contribution in [0.1, 0.15) is 54.3 Å². The van der Waals surface area contributed by atoms with Gasteiger partial charge < -0.3 is 20.7 Å². The summed E-state index contributed by atoms with van der Waals surface area (Å²) in [5.74, 6) is -0.424. The Balaban J connectivity index is 2.14. The van der Waals surface area contributed by atoms with Gasteiger partial charge in [0.1, 0.15) is 11.8 Å². The van der Waals surface area contributed by atoms with E-state index in [2.05, 4.69) is 16.0 Å². The highest BCUT2D eigenvalue weighted by atomic mass is 16.5. The fraction of sp³-hybridized carbons (Fsp3) is 0.375. The van der Waals surface area contributed by atoms with Crippen molar-refractivity contribution in [2.45, 2.75) is 39.7 Å². The maximum Gasteiger partial charge on any atom is 0.255 e. The minimum Gasteiger partial charge on any atom is -0.497 e. The number of amides is 3. The molecule has 0 heterocycles. The smallest absolute Gasteiger partial charge is 0.255 e. The van der Waals surface area contributed by atoms with E-state index in [0.717, 1.165) is 12.8 Å². The van der Waals surface area contributed by atoms with Crippen molar-refractivity contribution < 1.29 is 19.1 Å². The molecule has 0 bridgehead atoms. The minimum absolute atomic E-state index is 0.0911. The number of carbonyl (C=O) groups excluding carboxylic acids is 3. The van der Waals surface area contributed by atoms with E-state index in [4.69, 9.17) is 4.74 Å². The van der Waals surface area contributed by atoms with Crippen molar-refractivity contribution in [1.82, 2.24) is 10.6 Å². The molecule has 0 saturated carbocycles. The molecule has 2 rings (SSSR count). The lowest BCUT2D eigenvalue weighted by Gasteiger charge is -2.22. The second kappa shape index (κ2) is 11.7. The normalized spacial score (nSPS) is 11.5. The standard InChI is InChI=1S/C24H31N3O4/c1-5-6-15-25-24(30)21(16(2)3)27-23(29)19-9-7-8-10-20(19)26-22(28)17-11-13-18(31-4)14-12-17/h7-14,16,21H,5-6,15H2,1-4H3,(H,25,30)(H,26,28)(H,27,29)/t21-/m1/s1. The van der Waals surface area contributed by atoms with E-state index in [-0.39, 0.29) is 23.3 Å². The molecule has 3 amide bonds. The zero-order valence-electron chi connectivity index (χ0n) is 18.5. The lowest BCUT2D eigenvalue weighted by molar-refractivity contribution is -0.123. The Labute approximate surface area is 183 Å². The summed E-state index contributed by atoms with van der Waals surface area (Å²) in [4.78, 5) is 38.1. The van der Waals surface area contributed by atoms with Gasteiger partial charge in [0.2, 0.25) is 5.91 Å². The van der Waals surface area contributed by atoms with Crippen LogP contribution in [-0.2, 0) is 4.79 Å². The van der Waals surface area contributed by atoms with E-state index in [9.17, 15) is 14.4 Å². The molecule has 31 heavy (non-hydrogen) atoms. The van der Waals surface area contributed by atoms with E-state index < -0.39 is 11.9 Å². The number of hydrogen-bond acceptors (Lipinski definition) is 4. The van der Waals surface area contributed by atoms with Crippen molar-refractivity contribution in [3.05, 3.63) is 59.7 Å². The summed E-state index contributed by atoms with van der Waals surface area (Å²) in [7, 11) is 1.55. The van der Waals surface area contributed by atoms with Gasteiger partial charge in [0.05, 0.1) is 18.4 Å². The molecule has 166 valence electrons. The van der Waals surface area contributed by atoms with Crippen LogP contribution in [0.5, 0.6) is 5.75 Å². The van der Waals surface area contributed by atoms with Crippen LogP contribution in [-0.4, -0.2) is 37.4 Å². The summed E-state index contributed by atoms with van der Waals surface area (Å²) < 4.78 is 5.11. The Morgan fingerprint density at radius 3 is 2.26 bits per heavy atom. The summed E-state index contributed by atoms with van der Waals surface area (Å²) in [6.07, 6.45) is 1.85. The second-order valence-corrected chi connectivity index (χ2v) is 7.57. The third kappa shape index (κ3) is 6.84.